The molecule has 0 amide bonds. The van der Waals surface area contributed by atoms with Gasteiger partial charge < -0.3 is 4.74 Å². The first-order valence-electron chi connectivity index (χ1n) is 3.13. The Labute approximate surface area is 56.8 Å². The standard InChI is InChI=1S/C6H13BO2/c1-6(2,7-3)5(8)9-4/h7H,1-4H3. The summed E-state index contributed by atoms with van der Waals surface area (Å²) >= 11 is 0. The molecule has 0 saturated carbocycles. The van der Waals surface area contributed by atoms with Crippen LogP contribution in [0.4, 0.5) is 0 Å². The number of hydrogen-bond acceptors (Lipinski definition) is 2. The van der Waals surface area contributed by atoms with Crippen molar-refractivity contribution in [2.45, 2.75) is 26.0 Å². The highest BCUT2D eigenvalue weighted by Gasteiger charge is 2.26. The summed E-state index contributed by atoms with van der Waals surface area (Å²) in [5.41, 5.74) is 0. The fraction of sp³-hybridized carbons (Fsp3) is 0.833. The van der Waals surface area contributed by atoms with Gasteiger partial charge in [-0.05, 0) is 0 Å². The number of esters is 1. The smallest absolute Gasteiger partial charge is 0.303 e. The van der Waals surface area contributed by atoms with Crippen LogP contribution < -0.4 is 0 Å². The van der Waals surface area contributed by atoms with Crippen molar-refractivity contribution in [2.75, 3.05) is 7.11 Å². The van der Waals surface area contributed by atoms with Crippen molar-refractivity contribution in [3.05, 3.63) is 0 Å². The van der Waals surface area contributed by atoms with Crippen LogP contribution in [-0.2, 0) is 9.53 Å². The topological polar surface area (TPSA) is 26.3 Å². The van der Waals surface area contributed by atoms with Crippen LogP contribution in [0.1, 0.15) is 13.8 Å². The van der Waals surface area contributed by atoms with Gasteiger partial charge in [0.15, 0.2) is 0 Å². The van der Waals surface area contributed by atoms with Gasteiger partial charge in [-0.1, -0.05) is 20.7 Å². The number of hydrogen-bond donors (Lipinski definition) is 0. The molecule has 0 aliphatic carbocycles. The predicted octanol–water partition coefficient (Wildman–Crippen LogP) is 0.843. The lowest BCUT2D eigenvalue weighted by atomic mass is 9.56. The third-order valence-electron chi connectivity index (χ3n) is 1.62. The van der Waals surface area contributed by atoms with Gasteiger partial charge in [0.25, 0.3) is 0 Å². The number of carbonyl (C=O) groups is 1. The summed E-state index contributed by atoms with van der Waals surface area (Å²) in [4.78, 5) is 10.8. The zero-order chi connectivity index (χ0) is 7.49. The molecule has 0 unspecified atom stereocenters. The third-order valence-corrected chi connectivity index (χ3v) is 1.62. The maximum absolute atomic E-state index is 10.8. The quantitative estimate of drug-likeness (QED) is 0.406. The molecule has 0 atom stereocenters. The molecule has 0 spiro atoms. The van der Waals surface area contributed by atoms with Gasteiger partial charge in [-0.25, -0.2) is 0 Å². The minimum absolute atomic E-state index is 0.134. The second-order valence-electron chi connectivity index (χ2n) is 2.73. The fourth-order valence-corrected chi connectivity index (χ4v) is 0.421. The Balaban J connectivity index is 3.97. The highest BCUT2D eigenvalue weighted by Crippen LogP contribution is 2.23. The van der Waals surface area contributed by atoms with Gasteiger partial charge in [0.05, 0.1) is 7.11 Å². The average molecular weight is 128 g/mol. The van der Waals surface area contributed by atoms with E-state index in [2.05, 4.69) is 4.74 Å². The van der Waals surface area contributed by atoms with Crippen molar-refractivity contribution in [1.29, 1.82) is 0 Å². The molecule has 0 radical (unpaired) electrons. The van der Waals surface area contributed by atoms with E-state index in [0.29, 0.717) is 0 Å². The van der Waals surface area contributed by atoms with Crippen molar-refractivity contribution < 1.29 is 9.53 Å². The van der Waals surface area contributed by atoms with Gasteiger partial charge in [0, 0.05) is 5.31 Å². The Hall–Kier alpha value is -0.465. The van der Waals surface area contributed by atoms with Crippen molar-refractivity contribution in [3.63, 3.8) is 0 Å². The monoisotopic (exact) mass is 128 g/mol. The number of carbonyl (C=O) groups excluding carboxylic acids is 1. The molecule has 0 N–H and O–H groups in total. The van der Waals surface area contributed by atoms with Crippen molar-refractivity contribution >= 4 is 13.2 Å². The summed E-state index contributed by atoms with van der Waals surface area (Å²) in [7, 11) is 2.24. The molecule has 2 nitrogen and oxygen atoms in total. The molecule has 0 aliphatic rings. The third kappa shape index (κ3) is 2.08. The summed E-state index contributed by atoms with van der Waals surface area (Å²) in [6.45, 7) is 5.72. The summed E-state index contributed by atoms with van der Waals surface area (Å²) in [5, 5.41) is -0.311. The molecule has 0 rings (SSSR count). The Morgan fingerprint density at radius 2 is 2.00 bits per heavy atom. The molecule has 0 aromatic heterocycles. The highest BCUT2D eigenvalue weighted by atomic mass is 16.5. The molecule has 3 heteroatoms. The SMILES string of the molecule is CBC(C)(C)C(=O)OC. The van der Waals surface area contributed by atoms with Crippen LogP contribution in [0.5, 0.6) is 0 Å². The molecule has 0 aliphatic heterocycles. The van der Waals surface area contributed by atoms with E-state index in [1.165, 1.54) is 7.11 Å². The van der Waals surface area contributed by atoms with E-state index >= 15 is 0 Å². The number of ether oxygens (including phenoxy) is 1. The Morgan fingerprint density at radius 3 is 2.11 bits per heavy atom. The predicted molar refractivity (Wildman–Crippen MR) is 39.1 cm³/mol. The van der Waals surface area contributed by atoms with Crippen LogP contribution in [0.2, 0.25) is 12.1 Å². The molecule has 0 heterocycles. The van der Waals surface area contributed by atoms with Gasteiger partial charge in [-0.3, -0.25) is 4.79 Å². The molecule has 0 saturated heterocycles. The van der Waals surface area contributed by atoms with Crippen molar-refractivity contribution in [2.24, 2.45) is 0 Å². The second-order valence-corrected chi connectivity index (χ2v) is 2.73. The molecule has 0 aromatic rings. The summed E-state index contributed by atoms with van der Waals surface area (Å²) < 4.78 is 4.57. The summed E-state index contributed by atoms with van der Waals surface area (Å²) in [5.74, 6) is -0.134. The summed E-state index contributed by atoms with van der Waals surface area (Å²) in [6.07, 6.45) is 0. The Kier molecular flexibility index (Phi) is 2.75. The first kappa shape index (κ1) is 8.53. The van der Waals surface area contributed by atoms with Gasteiger partial charge in [0.2, 0.25) is 0 Å². The molecule has 0 fully saturated rings. The normalized spacial score (nSPS) is 10.7. The van der Waals surface area contributed by atoms with E-state index in [9.17, 15) is 4.79 Å². The van der Waals surface area contributed by atoms with Crippen molar-refractivity contribution in [3.8, 4) is 0 Å². The van der Waals surface area contributed by atoms with Crippen LogP contribution in [-0.4, -0.2) is 20.4 Å². The zero-order valence-corrected chi connectivity index (χ0v) is 6.52. The van der Waals surface area contributed by atoms with Crippen molar-refractivity contribution in [1.82, 2.24) is 0 Å². The van der Waals surface area contributed by atoms with E-state index < -0.39 is 0 Å². The Morgan fingerprint density at radius 1 is 1.56 bits per heavy atom. The minimum Gasteiger partial charge on any atom is -0.469 e. The van der Waals surface area contributed by atoms with E-state index in [1.807, 2.05) is 20.7 Å². The van der Waals surface area contributed by atoms with Crippen LogP contribution >= 0.6 is 0 Å². The lowest BCUT2D eigenvalue weighted by Crippen LogP contribution is -2.23. The van der Waals surface area contributed by atoms with Gasteiger partial charge >= 0.3 is 5.97 Å². The lowest BCUT2D eigenvalue weighted by Gasteiger charge is -2.17. The zero-order valence-electron chi connectivity index (χ0n) is 6.52. The molecule has 52 valence electrons. The molecular formula is C6H13BO2. The Bertz CT molecular complexity index is 110. The number of rotatable bonds is 2. The van der Waals surface area contributed by atoms with E-state index in [-0.39, 0.29) is 11.3 Å². The van der Waals surface area contributed by atoms with Crippen LogP contribution in [0.3, 0.4) is 0 Å². The van der Waals surface area contributed by atoms with Crippen LogP contribution in [0.15, 0.2) is 0 Å². The fourth-order valence-electron chi connectivity index (χ4n) is 0.421. The lowest BCUT2D eigenvalue weighted by molar-refractivity contribution is -0.143. The largest absolute Gasteiger partial charge is 0.469 e. The van der Waals surface area contributed by atoms with E-state index in [4.69, 9.17) is 0 Å². The van der Waals surface area contributed by atoms with Crippen LogP contribution in [0, 0.1) is 0 Å². The first-order chi connectivity index (χ1) is 4.04. The average Bonchev–Trinajstić information content (AvgIpc) is 1.86. The molecule has 0 aromatic carbocycles. The minimum atomic E-state index is -0.311. The maximum atomic E-state index is 10.8. The van der Waals surface area contributed by atoms with Crippen LogP contribution in [0.25, 0.3) is 0 Å². The molecule has 0 bridgehead atoms. The molecule has 9 heavy (non-hydrogen) atoms. The number of methoxy groups -OCH3 is 1. The van der Waals surface area contributed by atoms with Gasteiger partial charge in [0.1, 0.15) is 7.28 Å². The highest BCUT2D eigenvalue weighted by molar-refractivity contribution is 6.44. The second kappa shape index (κ2) is 2.90. The van der Waals surface area contributed by atoms with E-state index in [1.54, 1.807) is 0 Å². The van der Waals surface area contributed by atoms with E-state index in [0.717, 1.165) is 7.28 Å². The maximum Gasteiger partial charge on any atom is 0.303 e. The molecular weight excluding hydrogens is 115 g/mol. The first-order valence-corrected chi connectivity index (χ1v) is 3.13. The summed E-state index contributed by atoms with van der Waals surface area (Å²) in [6, 6.07) is 0. The van der Waals surface area contributed by atoms with Gasteiger partial charge in [-0.2, -0.15) is 0 Å². The van der Waals surface area contributed by atoms with Gasteiger partial charge in [-0.15, -0.1) is 0 Å².